The molecular weight excluding hydrogens is 446 g/mol. The van der Waals surface area contributed by atoms with Crippen LogP contribution >= 0.6 is 22.9 Å². The first-order valence-electron chi connectivity index (χ1n) is 9.52. The molecule has 11 nitrogen and oxygen atoms in total. The van der Waals surface area contributed by atoms with Gasteiger partial charge in [0.05, 0.1) is 10.6 Å². The maximum absolute atomic E-state index is 12.6. The topological polar surface area (TPSA) is 136 Å². The van der Waals surface area contributed by atoms with Crippen molar-refractivity contribution in [1.82, 2.24) is 30.4 Å². The number of tetrazole rings is 1. The number of halogens is 1. The van der Waals surface area contributed by atoms with Crippen LogP contribution in [0.2, 0.25) is 5.02 Å². The van der Waals surface area contributed by atoms with Crippen molar-refractivity contribution < 1.29 is 19.4 Å². The number of nitrogens with zero attached hydrogens (tertiary/aromatic N) is 7. The van der Waals surface area contributed by atoms with Crippen molar-refractivity contribution in [3.8, 4) is 10.8 Å². The molecule has 1 fully saturated rings. The van der Waals surface area contributed by atoms with Gasteiger partial charge in [-0.1, -0.05) is 35.1 Å². The Morgan fingerprint density at radius 3 is 2.84 bits per heavy atom. The fourth-order valence-corrected chi connectivity index (χ4v) is 5.00. The van der Waals surface area contributed by atoms with Gasteiger partial charge in [-0.15, -0.1) is 20.4 Å². The number of aromatic nitrogens is 6. The van der Waals surface area contributed by atoms with Crippen LogP contribution in [0.1, 0.15) is 28.8 Å². The van der Waals surface area contributed by atoms with E-state index in [1.807, 2.05) is 12.1 Å². The van der Waals surface area contributed by atoms with Crippen LogP contribution in [0, 0.1) is 0 Å². The number of esters is 1. The van der Waals surface area contributed by atoms with Crippen LogP contribution in [0.5, 0.6) is 0 Å². The van der Waals surface area contributed by atoms with Crippen LogP contribution in [0.3, 0.4) is 0 Å². The number of carboxylic acids is 1. The average molecular weight is 462 g/mol. The second-order valence-corrected chi connectivity index (χ2v) is 8.80. The molecule has 1 spiro atoms. The van der Waals surface area contributed by atoms with Crippen molar-refractivity contribution in [1.29, 1.82) is 0 Å². The van der Waals surface area contributed by atoms with Crippen molar-refractivity contribution in [2.75, 3.05) is 18.0 Å². The molecule has 0 radical (unpaired) electrons. The summed E-state index contributed by atoms with van der Waals surface area (Å²) in [4.78, 5) is 26.4. The lowest BCUT2D eigenvalue weighted by Crippen LogP contribution is -2.50. The lowest BCUT2D eigenvalue weighted by Gasteiger charge is -2.43. The first-order valence-corrected chi connectivity index (χ1v) is 10.7. The molecule has 0 amide bonds. The number of fused-ring (bicyclic) bond motifs is 1. The Kier molecular flexibility index (Phi) is 4.82. The van der Waals surface area contributed by atoms with Gasteiger partial charge in [-0.25, -0.2) is 4.79 Å². The number of rotatable bonds is 4. The summed E-state index contributed by atoms with van der Waals surface area (Å²) in [6.07, 6.45) is 1.96. The molecule has 1 saturated heterocycles. The number of aliphatic carboxylic acids is 1. The minimum absolute atomic E-state index is 0.230. The van der Waals surface area contributed by atoms with E-state index in [1.54, 1.807) is 6.07 Å². The van der Waals surface area contributed by atoms with Gasteiger partial charge in [-0.05, 0) is 16.8 Å². The highest BCUT2D eigenvalue weighted by Gasteiger charge is 2.43. The Morgan fingerprint density at radius 1 is 1.26 bits per heavy atom. The summed E-state index contributed by atoms with van der Waals surface area (Å²) < 4.78 is 5.85. The number of carbonyl (C=O) groups excluding carboxylic acids is 1. The molecule has 2 aliphatic rings. The van der Waals surface area contributed by atoms with Gasteiger partial charge in [0.25, 0.3) is 0 Å². The second-order valence-electron chi connectivity index (χ2n) is 7.44. The van der Waals surface area contributed by atoms with Crippen molar-refractivity contribution in [3.63, 3.8) is 0 Å². The standard InChI is InChI=1S/C18H16ClN7O4S/c19-11-3-1-2-10-8-18(30-16(29)13(10)11)4-6-25(7-5-18)17-22-21-15(31-17)14-20-24-26(23-14)9-12(27)28/h1-3H,4-9H2,(H,27,28). The Hall–Kier alpha value is -3.12. The number of hydrogen-bond donors (Lipinski definition) is 1. The molecule has 0 unspecified atom stereocenters. The Morgan fingerprint density at radius 2 is 2.06 bits per heavy atom. The molecule has 1 N–H and O–H groups in total. The number of carbonyl (C=O) groups is 2. The third-order valence-electron chi connectivity index (χ3n) is 5.41. The molecule has 160 valence electrons. The maximum Gasteiger partial charge on any atom is 0.340 e. The molecular formula is C18H16ClN7O4S. The lowest BCUT2D eigenvalue weighted by atomic mass is 9.81. The summed E-state index contributed by atoms with van der Waals surface area (Å²) in [6, 6.07) is 5.48. The van der Waals surface area contributed by atoms with Gasteiger partial charge >= 0.3 is 11.9 Å². The summed E-state index contributed by atoms with van der Waals surface area (Å²) in [5.74, 6) is -1.19. The molecule has 0 atom stereocenters. The van der Waals surface area contributed by atoms with Crippen molar-refractivity contribution in [2.24, 2.45) is 0 Å². The molecule has 31 heavy (non-hydrogen) atoms. The third-order valence-corrected chi connectivity index (χ3v) is 6.70. The molecule has 3 aromatic rings. The Balaban J connectivity index is 1.28. The largest absolute Gasteiger partial charge is 0.480 e. The lowest BCUT2D eigenvalue weighted by molar-refractivity contribution is -0.138. The SMILES string of the molecule is O=C(O)Cn1nnc(-c2nnc(N3CCC4(CC3)Cc3cccc(Cl)c3C(=O)O4)s2)n1. The summed E-state index contributed by atoms with van der Waals surface area (Å²) in [6.45, 7) is 0.924. The van der Waals surface area contributed by atoms with Crippen LogP contribution in [0.25, 0.3) is 10.8 Å². The number of piperidine rings is 1. The van der Waals surface area contributed by atoms with Crippen molar-refractivity contribution in [3.05, 3.63) is 34.3 Å². The first kappa shape index (κ1) is 19.8. The molecule has 0 bridgehead atoms. The summed E-state index contributed by atoms with van der Waals surface area (Å²) in [7, 11) is 0. The first-order chi connectivity index (χ1) is 14.9. The Labute approximate surface area is 184 Å². The molecule has 1 aromatic carbocycles. The zero-order valence-electron chi connectivity index (χ0n) is 16.1. The third kappa shape index (κ3) is 3.72. The fourth-order valence-electron chi connectivity index (χ4n) is 3.91. The molecule has 4 heterocycles. The predicted molar refractivity (Wildman–Crippen MR) is 109 cm³/mol. The van der Waals surface area contributed by atoms with Crippen LogP contribution < -0.4 is 4.90 Å². The van der Waals surface area contributed by atoms with E-state index in [1.165, 1.54) is 11.3 Å². The van der Waals surface area contributed by atoms with Gasteiger partial charge in [0, 0.05) is 32.4 Å². The van der Waals surface area contributed by atoms with E-state index in [2.05, 4.69) is 30.5 Å². The molecule has 0 saturated carbocycles. The summed E-state index contributed by atoms with van der Waals surface area (Å²) >= 11 is 7.48. The minimum Gasteiger partial charge on any atom is -0.480 e. The number of ether oxygens (including phenoxy) is 1. The van der Waals surface area contributed by atoms with Gasteiger partial charge in [0.15, 0.2) is 11.6 Å². The van der Waals surface area contributed by atoms with E-state index < -0.39 is 11.6 Å². The molecule has 5 rings (SSSR count). The van der Waals surface area contributed by atoms with E-state index in [9.17, 15) is 9.59 Å². The maximum atomic E-state index is 12.6. The van der Waals surface area contributed by atoms with Crippen LogP contribution in [0.15, 0.2) is 18.2 Å². The molecule has 0 aliphatic carbocycles. The smallest absolute Gasteiger partial charge is 0.340 e. The zero-order valence-corrected chi connectivity index (χ0v) is 17.6. The summed E-state index contributed by atoms with van der Waals surface area (Å²) in [5, 5.41) is 30.3. The van der Waals surface area contributed by atoms with E-state index in [0.29, 0.717) is 53.1 Å². The highest BCUT2D eigenvalue weighted by Crippen LogP contribution is 2.39. The monoisotopic (exact) mass is 461 g/mol. The Bertz CT molecular complexity index is 1170. The fraction of sp³-hybridized carbons (Fsp3) is 0.389. The van der Waals surface area contributed by atoms with Crippen LogP contribution in [0.4, 0.5) is 5.13 Å². The molecule has 2 aliphatic heterocycles. The number of anilines is 1. The predicted octanol–water partition coefficient (Wildman–Crippen LogP) is 1.68. The van der Waals surface area contributed by atoms with Crippen molar-refractivity contribution in [2.45, 2.75) is 31.4 Å². The van der Waals surface area contributed by atoms with E-state index in [-0.39, 0.29) is 18.3 Å². The van der Waals surface area contributed by atoms with E-state index in [0.717, 1.165) is 10.4 Å². The second kappa shape index (κ2) is 7.54. The van der Waals surface area contributed by atoms with Gasteiger partial charge < -0.3 is 14.7 Å². The zero-order chi connectivity index (χ0) is 21.6. The molecule has 13 heteroatoms. The minimum atomic E-state index is -1.06. The van der Waals surface area contributed by atoms with Gasteiger partial charge in [0.1, 0.15) is 5.60 Å². The average Bonchev–Trinajstić information content (AvgIpc) is 3.37. The van der Waals surface area contributed by atoms with E-state index >= 15 is 0 Å². The van der Waals surface area contributed by atoms with Crippen LogP contribution in [-0.2, 0) is 22.5 Å². The summed E-state index contributed by atoms with van der Waals surface area (Å²) in [5.41, 5.74) is 0.847. The highest BCUT2D eigenvalue weighted by molar-refractivity contribution is 7.18. The van der Waals surface area contributed by atoms with Gasteiger partial charge in [-0.2, -0.15) is 4.80 Å². The van der Waals surface area contributed by atoms with Crippen LogP contribution in [-0.4, -0.2) is 66.1 Å². The van der Waals surface area contributed by atoms with Gasteiger partial charge in [-0.3, -0.25) is 4.79 Å². The number of hydrogen-bond acceptors (Lipinski definition) is 10. The number of benzene rings is 1. The van der Waals surface area contributed by atoms with E-state index in [4.69, 9.17) is 21.4 Å². The van der Waals surface area contributed by atoms with Crippen molar-refractivity contribution >= 4 is 40.0 Å². The normalized spacial score (nSPS) is 17.5. The van der Waals surface area contributed by atoms with Gasteiger partial charge in [0.2, 0.25) is 11.0 Å². The number of carboxylic acid groups (broad SMARTS) is 1. The highest BCUT2D eigenvalue weighted by atomic mass is 35.5. The molecule has 2 aromatic heterocycles. The quantitative estimate of drug-likeness (QED) is 0.571.